The molecule has 2 aromatic carbocycles. The fraction of sp³-hybridized carbons (Fsp3) is 0.617. The molecule has 14 heteroatoms. The van der Waals surface area contributed by atoms with Crippen LogP contribution in [0.4, 0.5) is 10.1 Å². The number of unbranched alkanes of at least 4 members (excludes halogenated alkanes) is 2. The number of fused-ring (bicyclic) bond motifs is 1. The van der Waals surface area contributed by atoms with Gasteiger partial charge >= 0.3 is 0 Å². The van der Waals surface area contributed by atoms with Crippen LogP contribution in [0.5, 0.6) is 11.5 Å². The molecule has 3 amide bonds. The number of thiazole rings is 1. The van der Waals surface area contributed by atoms with Gasteiger partial charge in [0.05, 0.1) is 43.4 Å². The number of phenolic OH excluding ortho intramolecular Hbond substituents is 1. The maximum absolute atomic E-state index is 15.8. The smallest absolute Gasteiger partial charge is 0.273 e. The number of rotatable bonds is 17. The van der Waals surface area contributed by atoms with Crippen molar-refractivity contribution in [2.24, 2.45) is 0 Å². The molecule has 3 aliphatic heterocycles. The van der Waals surface area contributed by atoms with E-state index in [2.05, 4.69) is 33.9 Å². The van der Waals surface area contributed by atoms with E-state index in [-0.39, 0.29) is 53.5 Å². The van der Waals surface area contributed by atoms with E-state index in [1.54, 1.807) is 6.07 Å². The van der Waals surface area contributed by atoms with Gasteiger partial charge in [0.2, 0.25) is 5.91 Å². The number of amides is 3. The summed E-state index contributed by atoms with van der Waals surface area (Å²) in [5.41, 5.74) is 2.71. The molecule has 1 aromatic heterocycles. The lowest BCUT2D eigenvalue weighted by Gasteiger charge is -2.47. The average Bonchev–Trinajstić information content (AvgIpc) is 3.62. The quantitative estimate of drug-likeness (QED) is 0.0791. The summed E-state index contributed by atoms with van der Waals surface area (Å²) in [5.74, 6) is 0.458. The first kappa shape index (κ1) is 44.9. The zero-order valence-corrected chi connectivity index (χ0v) is 36.9. The molecular formula is C47H64FN5O7S. The van der Waals surface area contributed by atoms with Gasteiger partial charge in [-0.1, -0.05) is 70.2 Å². The van der Waals surface area contributed by atoms with Gasteiger partial charge in [-0.2, -0.15) is 0 Å². The minimum atomic E-state index is -0.387. The van der Waals surface area contributed by atoms with Crippen LogP contribution in [0, 0.1) is 5.82 Å². The normalized spacial score (nSPS) is 18.4. The highest BCUT2D eigenvalue weighted by Crippen LogP contribution is 2.40. The number of phenols is 1. The molecule has 3 fully saturated rings. The van der Waals surface area contributed by atoms with Crippen molar-refractivity contribution in [2.45, 2.75) is 128 Å². The SMILES string of the molecule is CC(C)c1nc(C(=O)N2CCOC3(CCN(Cc4cccc(CCOCCC(=O)N(CCCCCc5ccc(O)c6c5OCC(=O)N6)C5CCCCCC5)c4F)CC3)C2)cs1. The molecule has 0 atom stereocenters. The summed E-state index contributed by atoms with van der Waals surface area (Å²) in [6.45, 7) is 9.09. The number of morpholine rings is 1. The first-order valence-electron chi connectivity index (χ1n) is 22.6. The number of nitrogens with zero attached hydrogens (tertiary/aromatic N) is 4. The fourth-order valence-electron chi connectivity index (χ4n) is 9.29. The number of carbonyl (C=O) groups is 3. The Balaban J connectivity index is 0.836. The minimum absolute atomic E-state index is 0.000449. The van der Waals surface area contributed by atoms with Gasteiger partial charge in [0.25, 0.3) is 11.8 Å². The van der Waals surface area contributed by atoms with Crippen LogP contribution in [-0.2, 0) is 38.4 Å². The van der Waals surface area contributed by atoms with E-state index in [1.807, 2.05) is 34.5 Å². The van der Waals surface area contributed by atoms with Gasteiger partial charge in [-0.05, 0) is 68.6 Å². The number of anilines is 1. The van der Waals surface area contributed by atoms with Crippen LogP contribution in [0.25, 0.3) is 0 Å². The summed E-state index contributed by atoms with van der Waals surface area (Å²) in [7, 11) is 0. The molecule has 2 saturated heterocycles. The number of hydrogen-bond donors (Lipinski definition) is 2. The van der Waals surface area contributed by atoms with Crippen molar-refractivity contribution in [2.75, 3.05) is 64.5 Å². The maximum Gasteiger partial charge on any atom is 0.273 e. The first-order valence-corrected chi connectivity index (χ1v) is 23.5. The Morgan fingerprint density at radius 3 is 2.57 bits per heavy atom. The monoisotopic (exact) mass is 861 g/mol. The van der Waals surface area contributed by atoms with Gasteiger partial charge in [-0.15, -0.1) is 11.3 Å². The Morgan fingerprint density at radius 1 is 1.02 bits per heavy atom. The highest BCUT2D eigenvalue weighted by molar-refractivity contribution is 7.09. The second kappa shape index (κ2) is 21.3. The molecule has 1 saturated carbocycles. The molecule has 1 spiro atoms. The van der Waals surface area contributed by atoms with Crippen molar-refractivity contribution in [1.82, 2.24) is 19.7 Å². The Hall–Kier alpha value is -4.11. The zero-order chi connectivity index (χ0) is 42.8. The first-order chi connectivity index (χ1) is 29.6. The van der Waals surface area contributed by atoms with E-state index in [0.29, 0.717) is 87.1 Å². The molecule has 61 heavy (non-hydrogen) atoms. The van der Waals surface area contributed by atoms with Crippen LogP contribution >= 0.6 is 11.3 Å². The average molecular weight is 862 g/mol. The van der Waals surface area contributed by atoms with Crippen LogP contribution in [0.2, 0.25) is 0 Å². The molecule has 7 rings (SSSR count). The molecule has 0 unspecified atom stereocenters. The molecule has 4 heterocycles. The zero-order valence-electron chi connectivity index (χ0n) is 36.1. The molecule has 0 radical (unpaired) electrons. The number of halogens is 1. The van der Waals surface area contributed by atoms with Crippen LogP contribution < -0.4 is 10.1 Å². The summed E-state index contributed by atoms with van der Waals surface area (Å²) in [5, 5.41) is 15.7. The van der Waals surface area contributed by atoms with E-state index in [4.69, 9.17) is 14.2 Å². The van der Waals surface area contributed by atoms with Gasteiger partial charge in [0, 0.05) is 55.6 Å². The fourth-order valence-corrected chi connectivity index (χ4v) is 10.1. The van der Waals surface area contributed by atoms with Crippen LogP contribution in [-0.4, -0.2) is 113 Å². The summed E-state index contributed by atoms with van der Waals surface area (Å²) in [4.78, 5) is 49.6. The second-order valence-corrected chi connectivity index (χ2v) is 18.5. The molecule has 0 bridgehead atoms. The molecule has 4 aliphatic rings. The molecule has 12 nitrogen and oxygen atoms in total. The van der Waals surface area contributed by atoms with E-state index in [1.165, 1.54) is 24.2 Å². The summed E-state index contributed by atoms with van der Waals surface area (Å²) in [6.07, 6.45) is 12.5. The van der Waals surface area contributed by atoms with Crippen molar-refractivity contribution in [1.29, 1.82) is 0 Å². The standard InChI is InChI=1S/C47H64FN5O7S/c1-33(2)45-49-38(31-61-45)46(57)52-25-28-60-47(32-52)20-23-51(24-21-47)29-36-13-10-12-34(42(36)48)18-26-58-27-19-41(56)53(37-14-7-3-4-8-15-37)22-9-5-6-11-35-16-17-39(54)43-44(35)59-30-40(55)50-43/h10,12-13,16-17,31,33,37,54H,3-9,11,14-15,18-30,32H2,1-2H3,(H,50,55). The lowest BCUT2D eigenvalue weighted by molar-refractivity contribution is -0.135. The third-order valence-corrected chi connectivity index (χ3v) is 14.0. The maximum atomic E-state index is 15.8. The number of nitrogens with one attached hydrogen (secondary N) is 1. The largest absolute Gasteiger partial charge is 0.506 e. The number of aryl methyl sites for hydroxylation is 1. The van der Waals surface area contributed by atoms with Gasteiger partial charge < -0.3 is 34.4 Å². The van der Waals surface area contributed by atoms with Crippen molar-refractivity contribution in [3.63, 3.8) is 0 Å². The van der Waals surface area contributed by atoms with Gasteiger partial charge in [0.15, 0.2) is 12.4 Å². The molecule has 1 aliphatic carbocycles. The number of carbonyl (C=O) groups excluding carboxylic acids is 3. The number of likely N-dealkylation sites (tertiary alicyclic amines) is 1. The van der Waals surface area contributed by atoms with E-state index < -0.39 is 0 Å². The van der Waals surface area contributed by atoms with Crippen molar-refractivity contribution in [3.05, 3.63) is 68.9 Å². The molecule has 332 valence electrons. The predicted octanol–water partition coefficient (Wildman–Crippen LogP) is 7.86. The van der Waals surface area contributed by atoms with E-state index in [9.17, 15) is 19.5 Å². The Morgan fingerprint density at radius 2 is 1.80 bits per heavy atom. The number of benzene rings is 2. The van der Waals surface area contributed by atoms with Crippen LogP contribution in [0.3, 0.4) is 0 Å². The summed E-state index contributed by atoms with van der Waals surface area (Å²) < 4.78 is 33.8. The van der Waals surface area contributed by atoms with Gasteiger partial charge in [0.1, 0.15) is 22.9 Å². The number of ether oxygens (including phenoxy) is 3. The Kier molecular flexibility index (Phi) is 15.7. The highest BCUT2D eigenvalue weighted by Gasteiger charge is 2.41. The predicted molar refractivity (Wildman–Crippen MR) is 234 cm³/mol. The number of aromatic nitrogens is 1. The van der Waals surface area contributed by atoms with Crippen molar-refractivity contribution < 1.29 is 38.1 Å². The van der Waals surface area contributed by atoms with E-state index in [0.717, 1.165) is 87.9 Å². The highest BCUT2D eigenvalue weighted by atomic mass is 32.1. The Bertz CT molecular complexity index is 1960. The third kappa shape index (κ3) is 11.7. The second-order valence-electron chi connectivity index (χ2n) is 17.6. The van der Waals surface area contributed by atoms with Crippen LogP contribution in [0.1, 0.15) is 129 Å². The molecular weight excluding hydrogens is 798 g/mol. The number of piperidine rings is 1. The number of aromatic hydroxyl groups is 1. The Labute approximate surface area is 364 Å². The minimum Gasteiger partial charge on any atom is -0.506 e. The van der Waals surface area contributed by atoms with Crippen molar-refractivity contribution in [3.8, 4) is 11.5 Å². The van der Waals surface area contributed by atoms with E-state index >= 15 is 4.39 Å². The lowest BCUT2D eigenvalue weighted by atomic mass is 9.89. The topological polar surface area (TPSA) is 134 Å². The molecule has 2 N–H and O–H groups in total. The van der Waals surface area contributed by atoms with Gasteiger partial charge in [-0.25, -0.2) is 9.37 Å². The van der Waals surface area contributed by atoms with Gasteiger partial charge in [-0.3, -0.25) is 19.3 Å². The van der Waals surface area contributed by atoms with Crippen molar-refractivity contribution >= 4 is 34.7 Å². The summed E-state index contributed by atoms with van der Waals surface area (Å²) in [6, 6.07) is 9.28. The number of hydrogen-bond acceptors (Lipinski definition) is 10. The third-order valence-electron chi connectivity index (χ3n) is 12.8. The lowest BCUT2D eigenvalue weighted by Crippen LogP contribution is -2.58. The molecule has 3 aromatic rings. The van der Waals surface area contributed by atoms with Crippen LogP contribution in [0.15, 0.2) is 35.7 Å². The summed E-state index contributed by atoms with van der Waals surface area (Å²) >= 11 is 1.54.